The summed E-state index contributed by atoms with van der Waals surface area (Å²) in [5.74, 6) is 0.0759. The van der Waals surface area contributed by atoms with Crippen molar-refractivity contribution in [1.82, 2.24) is 0 Å². The molecule has 0 heterocycles. The Labute approximate surface area is 209 Å². The zero-order valence-corrected chi connectivity index (χ0v) is 21.2. The van der Waals surface area contributed by atoms with Gasteiger partial charge in [-0.05, 0) is 83.0 Å². The molecule has 0 aliphatic heterocycles. The molecule has 35 heavy (non-hydrogen) atoms. The van der Waals surface area contributed by atoms with Gasteiger partial charge in [0.25, 0.3) is 0 Å². The van der Waals surface area contributed by atoms with Crippen LogP contribution in [0.5, 0.6) is 0 Å². The highest BCUT2D eigenvalue weighted by atomic mass is 15.1. The van der Waals surface area contributed by atoms with Gasteiger partial charge in [-0.2, -0.15) is 0 Å². The Balaban J connectivity index is 1.82. The van der Waals surface area contributed by atoms with Gasteiger partial charge in [0, 0.05) is 43.0 Å². The van der Waals surface area contributed by atoms with Crippen LogP contribution >= 0.6 is 0 Å². The van der Waals surface area contributed by atoms with E-state index in [0.717, 1.165) is 16.8 Å². The van der Waals surface area contributed by atoms with Gasteiger partial charge in [0.2, 0.25) is 0 Å². The normalized spacial score (nSPS) is 14.4. The third-order valence-corrected chi connectivity index (χ3v) is 7.56. The third-order valence-electron chi connectivity index (χ3n) is 7.56. The summed E-state index contributed by atoms with van der Waals surface area (Å²) in [4.78, 5) is 2.16. The molecule has 5 rings (SSSR count). The molecule has 1 unspecified atom stereocenters. The monoisotopic (exact) mass is 456 g/mol. The van der Waals surface area contributed by atoms with E-state index in [1.54, 1.807) is 6.21 Å². The average molecular weight is 457 g/mol. The maximum atomic E-state index is 8.63. The first kappa shape index (κ1) is 22.9. The molecule has 0 saturated carbocycles. The molecule has 2 nitrogen and oxygen atoms in total. The summed E-state index contributed by atoms with van der Waals surface area (Å²) in [5.41, 5.74) is 14.6. The van der Waals surface area contributed by atoms with Crippen LogP contribution in [0.3, 0.4) is 0 Å². The minimum absolute atomic E-state index is 0.0759. The van der Waals surface area contributed by atoms with Crippen LogP contribution in [-0.2, 0) is 0 Å². The summed E-state index contributed by atoms with van der Waals surface area (Å²) in [6.07, 6.45) is 3.89. The van der Waals surface area contributed by atoms with Gasteiger partial charge in [0.05, 0.1) is 0 Å². The Hall–Kier alpha value is -3.91. The van der Waals surface area contributed by atoms with Gasteiger partial charge in [-0.25, -0.2) is 0 Å². The lowest BCUT2D eigenvalue weighted by atomic mass is 9.80. The SMILES string of the molecule is Cc1ccc(-c2c(N(C)C)ccc(C3C(c4ccccc4)=Cc4ccccc43)c2C=N)c(C)c1C. The number of hydrogen-bond donors (Lipinski definition) is 1. The molecule has 0 bridgehead atoms. The Morgan fingerprint density at radius 3 is 2.17 bits per heavy atom. The molecule has 0 spiro atoms. The molecule has 4 aromatic carbocycles. The fourth-order valence-electron chi connectivity index (χ4n) is 5.45. The number of benzene rings is 4. The van der Waals surface area contributed by atoms with Gasteiger partial charge in [0.15, 0.2) is 0 Å². The highest BCUT2D eigenvalue weighted by Crippen LogP contribution is 2.49. The number of nitrogens with zero attached hydrogens (tertiary/aromatic N) is 1. The molecular weight excluding hydrogens is 424 g/mol. The summed E-state index contributed by atoms with van der Waals surface area (Å²) in [6.45, 7) is 6.57. The van der Waals surface area contributed by atoms with E-state index in [-0.39, 0.29) is 5.92 Å². The summed E-state index contributed by atoms with van der Waals surface area (Å²) in [7, 11) is 4.17. The molecule has 1 atom stereocenters. The molecule has 0 radical (unpaired) electrons. The van der Waals surface area contributed by atoms with Crippen LogP contribution in [0.15, 0.2) is 78.9 Å². The van der Waals surface area contributed by atoms with E-state index in [0.29, 0.717) is 0 Å². The molecule has 1 aliphatic carbocycles. The number of nitrogens with one attached hydrogen (secondary N) is 1. The Kier molecular flexibility index (Phi) is 5.90. The lowest BCUT2D eigenvalue weighted by molar-refractivity contribution is 1.05. The number of hydrogen-bond acceptors (Lipinski definition) is 2. The minimum Gasteiger partial charge on any atom is -0.377 e. The van der Waals surface area contributed by atoms with Crippen LogP contribution in [-0.4, -0.2) is 20.3 Å². The zero-order chi connectivity index (χ0) is 24.7. The van der Waals surface area contributed by atoms with Crippen LogP contribution < -0.4 is 4.90 Å². The maximum absolute atomic E-state index is 8.63. The number of allylic oxidation sites excluding steroid dienone is 1. The van der Waals surface area contributed by atoms with Crippen molar-refractivity contribution in [3.63, 3.8) is 0 Å². The lowest BCUT2D eigenvalue weighted by Gasteiger charge is -2.27. The number of anilines is 1. The first-order valence-electron chi connectivity index (χ1n) is 12.2. The Morgan fingerprint density at radius 1 is 0.743 bits per heavy atom. The second-order valence-electron chi connectivity index (χ2n) is 9.71. The summed E-state index contributed by atoms with van der Waals surface area (Å²) < 4.78 is 0. The van der Waals surface area contributed by atoms with Crippen molar-refractivity contribution in [3.8, 4) is 11.1 Å². The van der Waals surface area contributed by atoms with E-state index >= 15 is 0 Å². The molecule has 4 aromatic rings. The predicted molar refractivity (Wildman–Crippen MR) is 151 cm³/mol. The van der Waals surface area contributed by atoms with Crippen LogP contribution in [0.2, 0.25) is 0 Å². The Bertz CT molecular complexity index is 1460. The first-order valence-corrected chi connectivity index (χ1v) is 12.2. The largest absolute Gasteiger partial charge is 0.377 e. The van der Waals surface area contributed by atoms with E-state index in [1.807, 2.05) is 0 Å². The van der Waals surface area contributed by atoms with Gasteiger partial charge in [-0.3, -0.25) is 0 Å². The van der Waals surface area contributed by atoms with Crippen LogP contribution in [0.25, 0.3) is 22.8 Å². The van der Waals surface area contributed by atoms with E-state index in [4.69, 9.17) is 5.41 Å². The molecule has 0 amide bonds. The summed E-state index contributed by atoms with van der Waals surface area (Å²) >= 11 is 0. The minimum atomic E-state index is 0.0759. The second kappa shape index (κ2) is 9.03. The molecular formula is C33H32N2. The standard InChI is InChI=1S/C33H32N2/c1-21-15-16-26(23(3)22(21)2)33-30(20-34)28(17-18-31(33)35(4)5)32-27-14-10-9-13-25(27)19-29(32)24-11-7-6-8-12-24/h6-20,32,34H,1-5H3. The molecule has 174 valence electrons. The summed E-state index contributed by atoms with van der Waals surface area (Å²) in [5, 5.41) is 8.63. The van der Waals surface area contributed by atoms with Crippen molar-refractivity contribution in [1.29, 1.82) is 5.41 Å². The van der Waals surface area contributed by atoms with Gasteiger partial charge in [-0.15, -0.1) is 0 Å². The first-order chi connectivity index (χ1) is 16.9. The fraction of sp³-hybridized carbons (Fsp3) is 0.182. The maximum Gasteiger partial charge on any atom is 0.0447 e. The van der Waals surface area contributed by atoms with E-state index < -0.39 is 0 Å². The molecule has 0 aromatic heterocycles. The van der Waals surface area contributed by atoms with E-state index in [9.17, 15) is 0 Å². The highest BCUT2D eigenvalue weighted by molar-refractivity contribution is 6.01. The molecule has 1 N–H and O–H groups in total. The number of aryl methyl sites for hydroxylation is 1. The topological polar surface area (TPSA) is 27.1 Å². The van der Waals surface area contributed by atoms with Crippen LogP contribution in [0.4, 0.5) is 5.69 Å². The molecule has 1 aliphatic rings. The fourth-order valence-corrected chi connectivity index (χ4v) is 5.45. The predicted octanol–water partition coefficient (Wildman–Crippen LogP) is 8.03. The van der Waals surface area contributed by atoms with Crippen LogP contribution in [0, 0.1) is 26.2 Å². The van der Waals surface area contributed by atoms with Gasteiger partial charge in [-0.1, -0.05) is 72.8 Å². The van der Waals surface area contributed by atoms with Crippen molar-refractivity contribution < 1.29 is 0 Å². The average Bonchev–Trinajstić information content (AvgIpc) is 3.26. The molecule has 2 heteroatoms. The van der Waals surface area contributed by atoms with E-state index in [1.165, 1.54) is 50.1 Å². The van der Waals surface area contributed by atoms with Crippen molar-refractivity contribution in [3.05, 3.63) is 123 Å². The van der Waals surface area contributed by atoms with Crippen molar-refractivity contribution in [2.24, 2.45) is 0 Å². The van der Waals surface area contributed by atoms with Crippen LogP contribution in [0.1, 0.15) is 50.4 Å². The van der Waals surface area contributed by atoms with Crippen molar-refractivity contribution in [2.45, 2.75) is 26.7 Å². The van der Waals surface area contributed by atoms with Gasteiger partial charge in [0.1, 0.15) is 0 Å². The molecule has 0 fully saturated rings. The van der Waals surface area contributed by atoms with E-state index in [2.05, 4.69) is 125 Å². The highest BCUT2D eigenvalue weighted by Gasteiger charge is 2.31. The number of rotatable bonds is 5. The van der Waals surface area contributed by atoms with Gasteiger partial charge >= 0.3 is 0 Å². The molecule has 0 saturated heterocycles. The van der Waals surface area contributed by atoms with Crippen molar-refractivity contribution >= 4 is 23.6 Å². The number of fused-ring (bicyclic) bond motifs is 1. The summed E-state index contributed by atoms with van der Waals surface area (Å²) in [6, 6.07) is 28.2. The smallest absolute Gasteiger partial charge is 0.0447 e. The zero-order valence-electron chi connectivity index (χ0n) is 21.2. The van der Waals surface area contributed by atoms with Gasteiger partial charge < -0.3 is 10.3 Å². The quantitative estimate of drug-likeness (QED) is 0.302. The Morgan fingerprint density at radius 2 is 1.46 bits per heavy atom. The lowest BCUT2D eigenvalue weighted by Crippen LogP contribution is -2.14. The third kappa shape index (κ3) is 3.80. The van der Waals surface area contributed by atoms with Crippen molar-refractivity contribution in [2.75, 3.05) is 19.0 Å². The second-order valence-corrected chi connectivity index (χ2v) is 9.71.